The maximum atomic E-state index is 13.5. The van der Waals surface area contributed by atoms with Crippen molar-refractivity contribution >= 4 is 89.4 Å². The second-order valence-corrected chi connectivity index (χ2v) is 26.9. The Hall–Kier alpha value is -6.86. The van der Waals surface area contributed by atoms with Gasteiger partial charge in [-0.1, -0.05) is 103 Å². The Morgan fingerprint density at radius 1 is 0.248 bits per heavy atom. The number of thioether (sulfide) groups is 1. The molecule has 0 aromatic rings. The lowest BCUT2D eigenvalue weighted by atomic mass is 9.95. The first-order chi connectivity index (χ1) is 49.8. The summed E-state index contributed by atoms with van der Waals surface area (Å²) in [4.78, 5) is 168. The topological polar surface area (TPSA) is 416 Å². The molecule has 4 heterocycles. The molecule has 598 valence electrons. The standard InChI is InChI=1S/C70H108O34S/c1-15-16-17-18-19-20-21-22-23-24-25-26-27-28-29-30-32-105-33-31-84-67-63(95-47(11)80)61(93-45(9)78)57(52(99-67)35-86-39(3)72)103-70-66(98-50(14)83)62(94-46(10)79)58(53(101-70)36-87-40(4)73)104-69-65(97-49(13)82)60(92-44(8)77)56(90-42(6)75)54(102-69)37-88-68-64(96-48(12)81)59(91-43(7)76)55(89-41(5)74)51(100-68)34-85-38(2)71/h51-70H,15-37H2,1-14H3/t51-,52-,53-,54-,55-,56-,57-,58-,59+,60+,61+,62+,63-,64-,65-,66-,67-,68+,69-,70-/m1/s1. The van der Waals surface area contributed by atoms with E-state index >= 15 is 0 Å². The Balaban J connectivity index is 1.74. The predicted molar refractivity (Wildman–Crippen MR) is 359 cm³/mol. The smallest absolute Gasteiger partial charge is 0.303 e. The van der Waals surface area contributed by atoms with Crippen LogP contribution in [0.1, 0.15) is 200 Å². The summed E-state index contributed by atoms with van der Waals surface area (Å²) in [6, 6.07) is 0. The van der Waals surface area contributed by atoms with Crippen LogP contribution in [-0.4, -0.2) is 245 Å². The lowest BCUT2D eigenvalue weighted by Crippen LogP contribution is -2.69. The van der Waals surface area contributed by atoms with Gasteiger partial charge >= 0.3 is 77.6 Å². The second kappa shape index (κ2) is 47.7. The van der Waals surface area contributed by atoms with E-state index in [0.717, 1.165) is 121 Å². The van der Waals surface area contributed by atoms with Crippen LogP contribution in [0, 0.1) is 0 Å². The van der Waals surface area contributed by atoms with Crippen LogP contribution in [0.15, 0.2) is 0 Å². The van der Waals surface area contributed by atoms with Crippen molar-refractivity contribution in [3.8, 4) is 0 Å². The zero-order valence-corrected chi connectivity index (χ0v) is 63.4. The van der Waals surface area contributed by atoms with E-state index in [9.17, 15) is 62.3 Å². The Bertz CT molecular complexity index is 2800. The third-order valence-electron chi connectivity index (χ3n) is 16.4. The fourth-order valence-corrected chi connectivity index (χ4v) is 13.1. The molecule has 35 heteroatoms. The van der Waals surface area contributed by atoms with E-state index in [1.54, 1.807) is 11.8 Å². The summed E-state index contributed by atoms with van der Waals surface area (Å²) in [5.41, 5.74) is 0. The molecule has 0 spiro atoms. The summed E-state index contributed by atoms with van der Waals surface area (Å²) in [5.74, 6) is -11.7. The Morgan fingerprint density at radius 2 is 0.486 bits per heavy atom. The van der Waals surface area contributed by atoms with Crippen LogP contribution < -0.4 is 0 Å². The zero-order chi connectivity index (χ0) is 77.9. The largest absolute Gasteiger partial charge is 0.463 e. The molecule has 4 saturated heterocycles. The molecule has 4 aliphatic heterocycles. The second-order valence-electron chi connectivity index (χ2n) is 25.6. The van der Waals surface area contributed by atoms with Crippen LogP contribution in [-0.2, 0) is 162 Å². The predicted octanol–water partition coefficient (Wildman–Crippen LogP) is 5.69. The maximum absolute atomic E-state index is 13.5. The summed E-state index contributed by atoms with van der Waals surface area (Å²) in [6.45, 7) is 11.9. The van der Waals surface area contributed by atoms with E-state index in [-0.39, 0.29) is 6.61 Å². The third kappa shape index (κ3) is 33.0. The van der Waals surface area contributed by atoms with Crippen molar-refractivity contribution in [1.29, 1.82) is 0 Å². The summed E-state index contributed by atoms with van der Waals surface area (Å²) in [6.07, 6.45) is -17.3. The van der Waals surface area contributed by atoms with Gasteiger partial charge in [0.15, 0.2) is 86.2 Å². The molecule has 0 aromatic carbocycles. The van der Waals surface area contributed by atoms with Gasteiger partial charge in [0, 0.05) is 95.8 Å². The quantitative estimate of drug-likeness (QED) is 0.0401. The highest BCUT2D eigenvalue weighted by molar-refractivity contribution is 7.99. The van der Waals surface area contributed by atoms with Crippen molar-refractivity contribution in [3.05, 3.63) is 0 Å². The SMILES string of the molecule is CCCCCCCCCCCCCCCCCCSCCO[C@@H]1O[C@H](COC(C)=O)[C@@H](O[C@H]2O[C@H](COC(C)=O)[C@@H](O[C@H]3O[C@H](CO[C@H]4O[C@H](COC(C)=O)[C@@H](OC(C)=O)[C@H](OC(C)=O)[C@H]4OC(C)=O)[C@@H](OC(C)=O)[C@H](OC(C)=O)[C@H]3OC(C)=O)[C@H](OC(C)=O)[C@H]2OC(C)=O)[C@H](OC(C)=O)[C@H]1OC(C)=O. The number of esters is 13. The minimum Gasteiger partial charge on any atom is -0.463 e. The van der Waals surface area contributed by atoms with E-state index in [0.29, 0.717) is 5.75 Å². The van der Waals surface area contributed by atoms with Crippen molar-refractivity contribution < 1.29 is 162 Å². The van der Waals surface area contributed by atoms with Gasteiger partial charge in [-0.05, 0) is 12.2 Å². The van der Waals surface area contributed by atoms with Crippen LogP contribution >= 0.6 is 11.8 Å². The van der Waals surface area contributed by atoms with Gasteiger partial charge in [-0.3, -0.25) is 62.3 Å². The molecule has 4 fully saturated rings. The first-order valence-corrected chi connectivity index (χ1v) is 36.8. The van der Waals surface area contributed by atoms with Crippen LogP contribution in [0.5, 0.6) is 0 Å². The van der Waals surface area contributed by atoms with Gasteiger partial charge in [0.05, 0.1) is 13.2 Å². The van der Waals surface area contributed by atoms with E-state index in [4.69, 9.17) is 99.5 Å². The normalized spacial score (nSPS) is 28.6. The molecule has 0 aromatic heterocycles. The van der Waals surface area contributed by atoms with Crippen molar-refractivity contribution in [2.75, 3.05) is 44.5 Å². The van der Waals surface area contributed by atoms with Gasteiger partial charge in [-0.2, -0.15) is 11.8 Å². The molecule has 0 radical (unpaired) electrons. The molecule has 34 nitrogen and oxygen atoms in total. The number of ether oxygens (including phenoxy) is 21. The summed E-state index contributed by atoms with van der Waals surface area (Å²) >= 11 is 1.61. The molecule has 20 atom stereocenters. The molecule has 0 bridgehead atoms. The van der Waals surface area contributed by atoms with E-state index in [2.05, 4.69) is 6.92 Å². The molecular weight excluding hydrogens is 1420 g/mol. The van der Waals surface area contributed by atoms with Crippen molar-refractivity contribution in [3.63, 3.8) is 0 Å². The van der Waals surface area contributed by atoms with Crippen LogP contribution in [0.4, 0.5) is 0 Å². The highest BCUT2D eigenvalue weighted by Crippen LogP contribution is 2.40. The Morgan fingerprint density at radius 3 is 0.790 bits per heavy atom. The molecule has 0 aliphatic carbocycles. The number of unbranched alkanes of at least 4 members (excludes halogenated alkanes) is 15. The fraction of sp³-hybridized carbons (Fsp3) is 0.814. The summed E-state index contributed by atoms with van der Waals surface area (Å²) < 4.78 is 124. The number of hydrogen-bond acceptors (Lipinski definition) is 35. The number of carbonyl (C=O) groups is 13. The number of carbonyl (C=O) groups excluding carboxylic acids is 13. The average Bonchev–Trinajstić information content (AvgIpc) is 0.769. The molecule has 0 saturated carbocycles. The van der Waals surface area contributed by atoms with Gasteiger partial charge < -0.3 is 99.5 Å². The van der Waals surface area contributed by atoms with Crippen LogP contribution in [0.25, 0.3) is 0 Å². The Kier molecular flexibility index (Phi) is 41.2. The lowest BCUT2D eigenvalue weighted by molar-refractivity contribution is -0.382. The number of rotatable bonds is 44. The average molecular weight is 1530 g/mol. The molecule has 0 N–H and O–H groups in total. The summed E-state index contributed by atoms with van der Waals surface area (Å²) in [7, 11) is 0. The molecule has 4 aliphatic rings. The highest BCUT2D eigenvalue weighted by atomic mass is 32.2. The van der Waals surface area contributed by atoms with Gasteiger partial charge in [0.1, 0.15) is 56.4 Å². The van der Waals surface area contributed by atoms with E-state index < -0.39 is 227 Å². The maximum Gasteiger partial charge on any atom is 0.303 e. The first-order valence-electron chi connectivity index (χ1n) is 35.7. The van der Waals surface area contributed by atoms with Crippen molar-refractivity contribution in [1.82, 2.24) is 0 Å². The lowest BCUT2D eigenvalue weighted by Gasteiger charge is -2.50. The zero-order valence-electron chi connectivity index (χ0n) is 62.6. The minimum atomic E-state index is -2.21. The molecule has 0 unspecified atom stereocenters. The van der Waals surface area contributed by atoms with Gasteiger partial charge in [0.2, 0.25) is 0 Å². The monoisotopic (exact) mass is 1520 g/mol. The van der Waals surface area contributed by atoms with Gasteiger partial charge in [-0.15, -0.1) is 0 Å². The minimum absolute atomic E-state index is 0.0132. The first kappa shape index (κ1) is 90.5. The molecule has 105 heavy (non-hydrogen) atoms. The van der Waals surface area contributed by atoms with E-state index in [1.165, 1.54) is 77.0 Å². The van der Waals surface area contributed by atoms with Crippen molar-refractivity contribution in [2.45, 2.75) is 322 Å². The summed E-state index contributed by atoms with van der Waals surface area (Å²) in [5, 5.41) is 0. The molecule has 0 amide bonds. The highest BCUT2D eigenvalue weighted by Gasteiger charge is 2.61. The van der Waals surface area contributed by atoms with Crippen molar-refractivity contribution in [2.24, 2.45) is 0 Å². The van der Waals surface area contributed by atoms with Gasteiger partial charge in [0.25, 0.3) is 0 Å². The van der Waals surface area contributed by atoms with Crippen LogP contribution in [0.2, 0.25) is 0 Å². The number of hydrogen-bond donors (Lipinski definition) is 0. The van der Waals surface area contributed by atoms with Gasteiger partial charge in [-0.25, -0.2) is 0 Å². The molecular formula is C70H108O34S. The van der Waals surface area contributed by atoms with E-state index in [1.807, 2.05) is 0 Å². The van der Waals surface area contributed by atoms with Crippen LogP contribution in [0.3, 0.4) is 0 Å². The third-order valence-corrected chi connectivity index (χ3v) is 17.4. The molecule has 4 rings (SSSR count). The Labute approximate surface area is 616 Å². The fourth-order valence-electron chi connectivity index (χ4n) is 12.3.